The van der Waals surface area contributed by atoms with E-state index >= 15 is 8.78 Å². The molecule has 1 aromatic carbocycles. The summed E-state index contributed by atoms with van der Waals surface area (Å²) in [6.07, 6.45) is 2.04. The number of fused-ring (bicyclic) bond motifs is 3. The van der Waals surface area contributed by atoms with Crippen LogP contribution in [0.5, 0.6) is 0 Å². The lowest BCUT2D eigenvalue weighted by Gasteiger charge is -2.22. The van der Waals surface area contributed by atoms with Crippen molar-refractivity contribution in [3.63, 3.8) is 0 Å². The van der Waals surface area contributed by atoms with E-state index < -0.39 is 65.7 Å². The summed E-state index contributed by atoms with van der Waals surface area (Å²) in [5.41, 5.74) is 5.71. The molecular weight excluding hydrogens is 578 g/mol. The normalized spacial score (nSPS) is 18.7. The SMILES string of the molecule is Nc1ncc(-c2cncnc2[C@H](Cc2cc(F)cc(F)c2)NC(=O)Cn2nc(C(F)F)c3c2C(F)(F)C2CC32)cc1C=[NH2+]. The molecule has 0 spiro atoms. The highest BCUT2D eigenvalue weighted by Crippen LogP contribution is 2.68. The molecule has 0 bridgehead atoms. The highest BCUT2D eigenvalue weighted by Gasteiger charge is 2.67. The van der Waals surface area contributed by atoms with Crippen LogP contribution >= 0.6 is 0 Å². The average Bonchev–Trinajstić information content (AvgIpc) is 3.61. The molecular formula is C28H23F6N8O+. The van der Waals surface area contributed by atoms with Gasteiger partial charge in [0.25, 0.3) is 12.3 Å². The van der Waals surface area contributed by atoms with Gasteiger partial charge in [0.15, 0.2) is 6.21 Å². The fourth-order valence-corrected chi connectivity index (χ4v) is 5.75. The van der Waals surface area contributed by atoms with Crippen LogP contribution in [0.3, 0.4) is 0 Å². The summed E-state index contributed by atoms with van der Waals surface area (Å²) >= 11 is 0. The molecule has 0 aliphatic heterocycles. The Hall–Kier alpha value is -4.82. The van der Waals surface area contributed by atoms with Crippen molar-refractivity contribution in [2.24, 2.45) is 5.92 Å². The van der Waals surface area contributed by atoms with Gasteiger partial charge in [-0.25, -0.2) is 32.5 Å². The van der Waals surface area contributed by atoms with E-state index in [0.29, 0.717) is 27.4 Å². The number of nitrogens with one attached hydrogen (secondary N) is 1. The van der Waals surface area contributed by atoms with Gasteiger partial charge in [-0.2, -0.15) is 13.9 Å². The zero-order valence-corrected chi connectivity index (χ0v) is 22.1. The number of carbonyl (C=O) groups excluding carboxylic acids is 1. The van der Waals surface area contributed by atoms with Gasteiger partial charge >= 0.3 is 0 Å². The van der Waals surface area contributed by atoms with Gasteiger partial charge in [0, 0.05) is 41.1 Å². The van der Waals surface area contributed by atoms with E-state index in [2.05, 4.69) is 25.4 Å². The van der Waals surface area contributed by atoms with Gasteiger partial charge in [-0.15, -0.1) is 0 Å². The molecule has 4 aromatic rings. The fourth-order valence-electron chi connectivity index (χ4n) is 5.75. The van der Waals surface area contributed by atoms with Gasteiger partial charge in [-0.05, 0) is 42.5 Å². The fraction of sp³-hybridized carbons (Fsp3) is 0.286. The number of amides is 1. The number of carbonyl (C=O) groups is 1. The maximum atomic E-state index is 15.0. The number of halogens is 6. The first-order valence-electron chi connectivity index (χ1n) is 13.1. The molecule has 15 heteroatoms. The Morgan fingerprint density at radius 1 is 1.14 bits per heavy atom. The first kappa shape index (κ1) is 28.3. The maximum Gasteiger partial charge on any atom is 0.293 e. The summed E-state index contributed by atoms with van der Waals surface area (Å²) < 4.78 is 86.3. The average molecular weight is 602 g/mol. The summed E-state index contributed by atoms with van der Waals surface area (Å²) in [7, 11) is 0. The molecule has 9 nitrogen and oxygen atoms in total. The smallest absolute Gasteiger partial charge is 0.293 e. The molecule has 222 valence electrons. The van der Waals surface area contributed by atoms with E-state index in [-0.39, 0.29) is 35.5 Å². The van der Waals surface area contributed by atoms with Crippen LogP contribution in [0.15, 0.2) is 43.0 Å². The van der Waals surface area contributed by atoms with Crippen molar-refractivity contribution < 1.29 is 36.5 Å². The molecule has 5 N–H and O–H groups in total. The molecule has 6 rings (SSSR count). The molecule has 1 amide bonds. The van der Waals surface area contributed by atoms with E-state index in [1.54, 1.807) is 6.07 Å². The number of benzene rings is 1. The van der Waals surface area contributed by atoms with Crippen molar-refractivity contribution in [2.75, 3.05) is 5.73 Å². The predicted octanol–water partition coefficient (Wildman–Crippen LogP) is 3.02. The molecule has 2 aliphatic rings. The first-order chi connectivity index (χ1) is 20.5. The van der Waals surface area contributed by atoms with E-state index in [1.807, 2.05) is 0 Å². The van der Waals surface area contributed by atoms with Crippen LogP contribution in [0, 0.1) is 17.6 Å². The molecule has 0 saturated heterocycles. The minimum Gasteiger partial charge on any atom is -0.383 e. The van der Waals surface area contributed by atoms with Crippen LogP contribution in [0.4, 0.5) is 32.2 Å². The number of alkyl halides is 4. The summed E-state index contributed by atoms with van der Waals surface area (Å²) in [4.78, 5) is 25.8. The molecule has 1 saturated carbocycles. The van der Waals surface area contributed by atoms with Crippen molar-refractivity contribution in [3.05, 3.63) is 88.4 Å². The Labute approximate surface area is 239 Å². The minimum absolute atomic E-state index is 0.0734. The lowest BCUT2D eigenvalue weighted by molar-refractivity contribution is -0.123. The predicted molar refractivity (Wildman–Crippen MR) is 140 cm³/mol. The Morgan fingerprint density at radius 3 is 2.58 bits per heavy atom. The quantitative estimate of drug-likeness (QED) is 0.199. The highest BCUT2D eigenvalue weighted by molar-refractivity contribution is 5.84. The number of rotatable bonds is 9. The first-order valence-corrected chi connectivity index (χ1v) is 13.1. The standard InChI is InChI=1S/C28H22F6N8O/c29-15-1-12(2-16(30)5-15)3-20(23-18(9-37-11-39-23)14-4-13(7-35)27(36)38-8-14)40-21(43)10-42-25-22(24(41-42)26(31)32)17-6-19(17)28(25,33)34/h1-2,4-5,7-9,11,17,19-20,26,35H,3,6,10H2,(H2,36,38)(H,40,43)/p+1/t17?,19?,20-/m0/s1. The number of nitrogens with zero attached hydrogens (tertiary/aromatic N) is 5. The third-order valence-corrected chi connectivity index (χ3v) is 7.67. The van der Waals surface area contributed by atoms with Gasteiger partial charge in [-0.3, -0.25) is 14.9 Å². The number of pyridine rings is 1. The van der Waals surface area contributed by atoms with E-state index in [1.165, 1.54) is 24.9 Å². The molecule has 3 aromatic heterocycles. The molecule has 2 aliphatic carbocycles. The number of hydrogen-bond donors (Lipinski definition) is 3. The molecule has 2 unspecified atom stereocenters. The Bertz CT molecular complexity index is 1740. The van der Waals surface area contributed by atoms with Gasteiger partial charge < -0.3 is 11.1 Å². The van der Waals surface area contributed by atoms with Crippen LogP contribution < -0.4 is 16.5 Å². The van der Waals surface area contributed by atoms with Gasteiger partial charge in [0.1, 0.15) is 41.7 Å². The molecule has 1 fully saturated rings. The van der Waals surface area contributed by atoms with Crippen molar-refractivity contribution in [2.45, 2.75) is 43.7 Å². The van der Waals surface area contributed by atoms with Crippen molar-refractivity contribution in [3.8, 4) is 11.1 Å². The van der Waals surface area contributed by atoms with Crippen molar-refractivity contribution in [1.82, 2.24) is 30.0 Å². The van der Waals surface area contributed by atoms with E-state index in [4.69, 9.17) is 11.1 Å². The second-order valence-corrected chi connectivity index (χ2v) is 10.5. The Kier molecular flexibility index (Phi) is 6.89. The van der Waals surface area contributed by atoms with Gasteiger partial charge in [-0.1, -0.05) is 0 Å². The largest absolute Gasteiger partial charge is 0.383 e. The molecule has 43 heavy (non-hydrogen) atoms. The van der Waals surface area contributed by atoms with Crippen LogP contribution in [-0.4, -0.2) is 36.9 Å². The second-order valence-electron chi connectivity index (χ2n) is 10.5. The number of anilines is 1. The molecule has 3 atom stereocenters. The lowest BCUT2D eigenvalue weighted by Crippen LogP contribution is -2.35. The third kappa shape index (κ3) is 5.08. The Morgan fingerprint density at radius 2 is 1.88 bits per heavy atom. The van der Waals surface area contributed by atoms with Crippen molar-refractivity contribution >= 4 is 17.9 Å². The Balaban J connectivity index is 1.37. The van der Waals surface area contributed by atoms with Gasteiger partial charge in [0.05, 0.1) is 17.3 Å². The number of nitrogen functional groups attached to an aromatic ring is 1. The topological polar surface area (TPSA) is 137 Å². The van der Waals surface area contributed by atoms with Crippen LogP contribution in [0.1, 0.15) is 58.6 Å². The summed E-state index contributed by atoms with van der Waals surface area (Å²) in [6, 6.07) is 3.32. The van der Waals surface area contributed by atoms with Crippen LogP contribution in [0.2, 0.25) is 0 Å². The third-order valence-electron chi connectivity index (χ3n) is 7.67. The number of aromatic nitrogens is 5. The zero-order chi connectivity index (χ0) is 30.6. The van der Waals surface area contributed by atoms with E-state index in [9.17, 15) is 22.4 Å². The maximum absolute atomic E-state index is 15.0. The van der Waals surface area contributed by atoms with Gasteiger partial charge in [0.2, 0.25) is 5.91 Å². The summed E-state index contributed by atoms with van der Waals surface area (Å²) in [5, 5.41) is 12.0. The van der Waals surface area contributed by atoms with Crippen molar-refractivity contribution in [1.29, 1.82) is 0 Å². The second kappa shape index (κ2) is 10.5. The number of nitrogens with two attached hydrogens (primary N) is 2. The monoisotopic (exact) mass is 601 g/mol. The summed E-state index contributed by atoms with van der Waals surface area (Å²) in [5.74, 6) is -7.69. The van der Waals surface area contributed by atoms with E-state index in [0.717, 1.165) is 12.1 Å². The minimum atomic E-state index is -3.42. The number of hydrogen-bond acceptors (Lipinski definition) is 6. The lowest BCUT2D eigenvalue weighted by atomic mass is 9.96. The molecule has 0 radical (unpaired) electrons. The zero-order valence-electron chi connectivity index (χ0n) is 22.1. The highest BCUT2D eigenvalue weighted by atomic mass is 19.3. The van der Waals surface area contributed by atoms with Crippen LogP contribution in [0.25, 0.3) is 11.1 Å². The summed E-state index contributed by atoms with van der Waals surface area (Å²) in [6.45, 7) is -0.811. The van der Waals surface area contributed by atoms with Crippen LogP contribution in [-0.2, 0) is 23.7 Å². The molecule has 3 heterocycles.